The van der Waals surface area contributed by atoms with Gasteiger partial charge in [0, 0.05) is 24.5 Å². The van der Waals surface area contributed by atoms with Crippen LogP contribution in [0.25, 0.3) is 0 Å². The first-order valence-electron chi connectivity index (χ1n) is 5.99. The number of aryl methyl sites for hydroxylation is 1. The molecule has 0 aliphatic rings. The van der Waals surface area contributed by atoms with Crippen LogP contribution in [0.1, 0.15) is 25.8 Å². The number of rotatable bonds is 5. The van der Waals surface area contributed by atoms with Crippen molar-refractivity contribution in [1.82, 2.24) is 4.90 Å². The number of likely N-dealkylation sites (N-methyl/N-ethyl adjacent to an activating group) is 1. The van der Waals surface area contributed by atoms with Crippen molar-refractivity contribution in [2.45, 2.75) is 32.3 Å². The van der Waals surface area contributed by atoms with Crippen LogP contribution in [-0.4, -0.2) is 35.1 Å². The maximum Gasteiger partial charge on any atom is 0.222 e. The Kier molecular flexibility index (Phi) is 5.35. The van der Waals surface area contributed by atoms with Crippen molar-refractivity contribution in [3.8, 4) is 0 Å². The van der Waals surface area contributed by atoms with E-state index >= 15 is 0 Å². The van der Waals surface area contributed by atoms with Crippen LogP contribution in [0, 0.1) is 0 Å². The molecule has 0 spiro atoms. The Labute approximate surface area is 117 Å². The molecule has 0 heterocycles. The van der Waals surface area contributed by atoms with E-state index in [1.54, 1.807) is 25.8 Å². The van der Waals surface area contributed by atoms with E-state index in [9.17, 15) is 9.90 Å². The zero-order valence-corrected chi connectivity index (χ0v) is 12.7. The highest BCUT2D eigenvalue weighted by Gasteiger charge is 2.19. The molecule has 1 aromatic rings. The van der Waals surface area contributed by atoms with Crippen molar-refractivity contribution in [3.05, 3.63) is 34.3 Å². The standard InChI is InChI=1S/C14H20BrNO2/c1-14(2,18)10-16(3)13(17)9-8-11-6-4-5-7-12(11)15/h4-7,18H,8-10H2,1-3H3. The topological polar surface area (TPSA) is 40.5 Å². The van der Waals surface area contributed by atoms with Gasteiger partial charge in [-0.2, -0.15) is 0 Å². The molecule has 0 aromatic heterocycles. The number of carbonyl (C=O) groups excluding carboxylic acids is 1. The predicted octanol–water partition coefficient (Wildman–Crippen LogP) is 2.61. The number of hydrogen-bond donors (Lipinski definition) is 1. The normalized spacial score (nSPS) is 11.4. The van der Waals surface area contributed by atoms with Crippen molar-refractivity contribution < 1.29 is 9.90 Å². The Balaban J connectivity index is 2.49. The zero-order chi connectivity index (χ0) is 13.8. The van der Waals surface area contributed by atoms with Gasteiger partial charge in [0.15, 0.2) is 0 Å². The molecule has 0 unspecified atom stereocenters. The van der Waals surface area contributed by atoms with Crippen LogP contribution in [-0.2, 0) is 11.2 Å². The van der Waals surface area contributed by atoms with E-state index in [0.29, 0.717) is 19.4 Å². The van der Waals surface area contributed by atoms with E-state index in [-0.39, 0.29) is 5.91 Å². The molecule has 0 saturated heterocycles. The smallest absolute Gasteiger partial charge is 0.222 e. The molecule has 0 aliphatic carbocycles. The third-order valence-corrected chi connectivity index (χ3v) is 3.39. The predicted molar refractivity (Wildman–Crippen MR) is 76.4 cm³/mol. The molecule has 18 heavy (non-hydrogen) atoms. The van der Waals surface area contributed by atoms with Gasteiger partial charge in [-0.1, -0.05) is 34.1 Å². The van der Waals surface area contributed by atoms with Crippen LogP contribution in [0.5, 0.6) is 0 Å². The molecule has 1 aromatic carbocycles. The first-order valence-corrected chi connectivity index (χ1v) is 6.78. The van der Waals surface area contributed by atoms with E-state index in [1.807, 2.05) is 24.3 Å². The van der Waals surface area contributed by atoms with Crippen LogP contribution in [0.15, 0.2) is 28.7 Å². The van der Waals surface area contributed by atoms with Crippen molar-refractivity contribution >= 4 is 21.8 Å². The summed E-state index contributed by atoms with van der Waals surface area (Å²) < 4.78 is 1.03. The Morgan fingerprint density at radius 3 is 2.56 bits per heavy atom. The second-order valence-electron chi connectivity index (χ2n) is 5.15. The Bertz CT molecular complexity index is 413. The van der Waals surface area contributed by atoms with Crippen LogP contribution < -0.4 is 0 Å². The number of halogens is 1. The molecule has 0 bridgehead atoms. The molecule has 0 saturated carbocycles. The molecule has 0 fully saturated rings. The number of benzene rings is 1. The van der Waals surface area contributed by atoms with Gasteiger partial charge in [-0.05, 0) is 31.9 Å². The quantitative estimate of drug-likeness (QED) is 0.907. The van der Waals surface area contributed by atoms with Gasteiger partial charge in [0.05, 0.1) is 5.60 Å². The third-order valence-electron chi connectivity index (χ3n) is 2.62. The van der Waals surface area contributed by atoms with Crippen molar-refractivity contribution in [2.75, 3.05) is 13.6 Å². The van der Waals surface area contributed by atoms with E-state index in [1.165, 1.54) is 0 Å². The summed E-state index contributed by atoms with van der Waals surface area (Å²) in [5, 5.41) is 9.66. The maximum atomic E-state index is 11.9. The van der Waals surface area contributed by atoms with Crippen LogP contribution in [0.2, 0.25) is 0 Å². The molecule has 1 rings (SSSR count). The fourth-order valence-electron chi connectivity index (χ4n) is 1.80. The summed E-state index contributed by atoms with van der Waals surface area (Å²) in [5.74, 6) is 0.0490. The molecule has 3 nitrogen and oxygen atoms in total. The van der Waals surface area contributed by atoms with Gasteiger partial charge in [0.25, 0.3) is 0 Å². The largest absolute Gasteiger partial charge is 0.389 e. The lowest BCUT2D eigenvalue weighted by molar-refractivity contribution is -0.132. The number of amides is 1. The minimum atomic E-state index is -0.849. The van der Waals surface area contributed by atoms with E-state index in [2.05, 4.69) is 15.9 Å². The first kappa shape index (κ1) is 15.2. The van der Waals surface area contributed by atoms with Crippen molar-refractivity contribution in [3.63, 3.8) is 0 Å². The highest BCUT2D eigenvalue weighted by atomic mass is 79.9. The minimum Gasteiger partial charge on any atom is -0.389 e. The molecule has 4 heteroatoms. The van der Waals surface area contributed by atoms with Crippen molar-refractivity contribution in [1.29, 1.82) is 0 Å². The molecule has 0 radical (unpaired) electrons. The monoisotopic (exact) mass is 313 g/mol. The second-order valence-corrected chi connectivity index (χ2v) is 6.01. The summed E-state index contributed by atoms with van der Waals surface area (Å²) in [7, 11) is 1.72. The molecular formula is C14H20BrNO2. The molecule has 0 aliphatic heterocycles. The summed E-state index contributed by atoms with van der Waals surface area (Å²) in [6, 6.07) is 7.90. The molecular weight excluding hydrogens is 294 g/mol. The Hall–Kier alpha value is -0.870. The molecule has 0 atom stereocenters. The van der Waals surface area contributed by atoms with Gasteiger partial charge in [-0.15, -0.1) is 0 Å². The summed E-state index contributed by atoms with van der Waals surface area (Å²) in [6.45, 7) is 3.75. The third kappa shape index (κ3) is 5.19. The van der Waals surface area contributed by atoms with Crippen molar-refractivity contribution in [2.24, 2.45) is 0 Å². The summed E-state index contributed by atoms with van der Waals surface area (Å²) in [6.07, 6.45) is 1.16. The first-order chi connectivity index (χ1) is 8.29. The van der Waals surface area contributed by atoms with Crippen LogP contribution in [0.3, 0.4) is 0 Å². The number of carbonyl (C=O) groups is 1. The average molecular weight is 314 g/mol. The maximum absolute atomic E-state index is 11.9. The van der Waals surface area contributed by atoms with Gasteiger partial charge >= 0.3 is 0 Å². The summed E-state index contributed by atoms with van der Waals surface area (Å²) in [4.78, 5) is 13.5. The van der Waals surface area contributed by atoms with E-state index in [4.69, 9.17) is 0 Å². The average Bonchev–Trinajstić information content (AvgIpc) is 2.25. The lowest BCUT2D eigenvalue weighted by Gasteiger charge is -2.25. The van der Waals surface area contributed by atoms with Crippen LogP contribution in [0.4, 0.5) is 0 Å². The van der Waals surface area contributed by atoms with Gasteiger partial charge in [0.1, 0.15) is 0 Å². The second kappa shape index (κ2) is 6.34. The van der Waals surface area contributed by atoms with Gasteiger partial charge in [-0.25, -0.2) is 0 Å². The van der Waals surface area contributed by atoms with Crippen LogP contribution >= 0.6 is 15.9 Å². The highest BCUT2D eigenvalue weighted by Crippen LogP contribution is 2.17. The lowest BCUT2D eigenvalue weighted by atomic mass is 10.1. The minimum absolute atomic E-state index is 0.0490. The van der Waals surface area contributed by atoms with Gasteiger partial charge < -0.3 is 10.0 Å². The fourth-order valence-corrected chi connectivity index (χ4v) is 2.29. The Morgan fingerprint density at radius 2 is 2.00 bits per heavy atom. The molecule has 1 N–H and O–H groups in total. The van der Waals surface area contributed by atoms with E-state index in [0.717, 1.165) is 10.0 Å². The number of nitrogens with zero attached hydrogens (tertiary/aromatic N) is 1. The highest BCUT2D eigenvalue weighted by molar-refractivity contribution is 9.10. The number of hydrogen-bond acceptors (Lipinski definition) is 2. The van der Waals surface area contributed by atoms with E-state index < -0.39 is 5.60 Å². The summed E-state index contributed by atoms with van der Waals surface area (Å²) >= 11 is 3.47. The van der Waals surface area contributed by atoms with Gasteiger partial charge in [0.2, 0.25) is 5.91 Å². The fraction of sp³-hybridized carbons (Fsp3) is 0.500. The zero-order valence-electron chi connectivity index (χ0n) is 11.1. The van der Waals surface area contributed by atoms with Gasteiger partial charge in [-0.3, -0.25) is 4.79 Å². The molecule has 100 valence electrons. The SMILES string of the molecule is CN(CC(C)(C)O)C(=O)CCc1ccccc1Br. The number of aliphatic hydroxyl groups is 1. The lowest BCUT2D eigenvalue weighted by Crippen LogP contribution is -2.39. The summed E-state index contributed by atoms with van der Waals surface area (Å²) in [5.41, 5.74) is 0.278. The Morgan fingerprint density at radius 1 is 1.39 bits per heavy atom. The molecule has 1 amide bonds.